The molecule has 0 fully saturated rings. The van der Waals surface area contributed by atoms with E-state index in [2.05, 4.69) is 20.5 Å². The second-order valence-electron chi connectivity index (χ2n) is 6.09. The fraction of sp³-hybridized carbons (Fsp3) is 0.333. The van der Waals surface area contributed by atoms with Crippen molar-refractivity contribution in [1.29, 1.82) is 0 Å². The van der Waals surface area contributed by atoms with Crippen molar-refractivity contribution in [3.63, 3.8) is 0 Å². The molecule has 0 saturated heterocycles. The average Bonchev–Trinajstić information content (AvgIpc) is 2.55. The predicted molar refractivity (Wildman–Crippen MR) is 100 cm³/mol. The molecule has 0 bridgehead atoms. The highest BCUT2D eigenvalue weighted by atomic mass is 16.1. The lowest BCUT2D eigenvalue weighted by molar-refractivity contribution is 0.102. The topological polar surface area (TPSA) is 60.5 Å². The molecule has 1 aromatic heterocycles. The fourth-order valence-corrected chi connectivity index (χ4v) is 2.13. The Bertz CT molecular complexity index is 667. The number of nitrogens with one attached hydrogen (secondary N) is 2. The molecular formula is C18H25N5O. The fourth-order valence-electron chi connectivity index (χ4n) is 2.13. The van der Waals surface area contributed by atoms with Gasteiger partial charge in [-0.1, -0.05) is 0 Å². The van der Waals surface area contributed by atoms with Crippen LogP contribution in [0.3, 0.4) is 0 Å². The van der Waals surface area contributed by atoms with Crippen molar-refractivity contribution in [3.8, 4) is 0 Å². The molecule has 0 unspecified atom stereocenters. The highest BCUT2D eigenvalue weighted by Gasteiger charge is 2.08. The van der Waals surface area contributed by atoms with Gasteiger partial charge in [-0.3, -0.25) is 9.78 Å². The Morgan fingerprint density at radius 1 is 1.04 bits per heavy atom. The van der Waals surface area contributed by atoms with E-state index in [4.69, 9.17) is 0 Å². The molecule has 0 spiro atoms. The molecule has 24 heavy (non-hydrogen) atoms. The number of benzene rings is 1. The van der Waals surface area contributed by atoms with Crippen LogP contribution in [0.2, 0.25) is 0 Å². The summed E-state index contributed by atoms with van der Waals surface area (Å²) in [5, 5.41) is 6.16. The van der Waals surface area contributed by atoms with Crippen molar-refractivity contribution < 1.29 is 4.79 Å². The van der Waals surface area contributed by atoms with Crippen LogP contribution in [-0.2, 0) is 0 Å². The summed E-state index contributed by atoms with van der Waals surface area (Å²) >= 11 is 0. The normalized spacial score (nSPS) is 10.5. The first kappa shape index (κ1) is 17.7. The van der Waals surface area contributed by atoms with E-state index < -0.39 is 0 Å². The molecule has 0 aliphatic carbocycles. The minimum atomic E-state index is -0.170. The number of aromatic nitrogens is 1. The van der Waals surface area contributed by atoms with Gasteiger partial charge in [0.05, 0.1) is 11.3 Å². The third-order valence-corrected chi connectivity index (χ3v) is 3.53. The molecule has 2 N–H and O–H groups in total. The van der Waals surface area contributed by atoms with Crippen molar-refractivity contribution in [2.24, 2.45) is 0 Å². The molecule has 6 heteroatoms. The van der Waals surface area contributed by atoms with Gasteiger partial charge in [-0.15, -0.1) is 0 Å². The van der Waals surface area contributed by atoms with E-state index in [9.17, 15) is 4.79 Å². The molecule has 1 amide bonds. The Labute approximate surface area is 143 Å². The number of hydrogen-bond donors (Lipinski definition) is 2. The van der Waals surface area contributed by atoms with E-state index in [0.717, 1.165) is 30.2 Å². The molecule has 0 atom stereocenters. The van der Waals surface area contributed by atoms with Crippen LogP contribution < -0.4 is 15.5 Å². The largest absolute Gasteiger partial charge is 0.382 e. The minimum absolute atomic E-state index is 0.170. The highest BCUT2D eigenvalue weighted by Crippen LogP contribution is 2.17. The van der Waals surface area contributed by atoms with Gasteiger partial charge in [0.25, 0.3) is 5.91 Å². The summed E-state index contributed by atoms with van der Waals surface area (Å²) in [6.45, 7) is 1.71. The SMILES string of the molecule is CN(C)CCNc1cncc(C(=O)Nc2ccc(N(C)C)cc2)c1. The van der Waals surface area contributed by atoms with E-state index in [1.165, 1.54) is 0 Å². The third-order valence-electron chi connectivity index (χ3n) is 3.53. The van der Waals surface area contributed by atoms with Gasteiger partial charge in [0.2, 0.25) is 0 Å². The molecule has 128 valence electrons. The van der Waals surface area contributed by atoms with Crippen molar-refractivity contribution in [3.05, 3.63) is 48.3 Å². The molecule has 0 aliphatic heterocycles. The lowest BCUT2D eigenvalue weighted by Crippen LogP contribution is -2.21. The van der Waals surface area contributed by atoms with Crippen LogP contribution in [0.4, 0.5) is 17.1 Å². The average molecular weight is 327 g/mol. The number of carbonyl (C=O) groups is 1. The van der Waals surface area contributed by atoms with Gasteiger partial charge in [0.15, 0.2) is 0 Å². The molecule has 1 aromatic carbocycles. The Balaban J connectivity index is 1.99. The number of nitrogens with zero attached hydrogens (tertiary/aromatic N) is 3. The van der Waals surface area contributed by atoms with Crippen LogP contribution >= 0.6 is 0 Å². The number of likely N-dealkylation sites (N-methyl/N-ethyl adjacent to an activating group) is 1. The maximum Gasteiger partial charge on any atom is 0.257 e. The summed E-state index contributed by atoms with van der Waals surface area (Å²) in [5.41, 5.74) is 3.22. The Kier molecular flexibility index (Phi) is 6.14. The number of anilines is 3. The Morgan fingerprint density at radius 2 is 1.75 bits per heavy atom. The van der Waals surface area contributed by atoms with Crippen molar-refractivity contribution >= 4 is 23.0 Å². The standard InChI is InChI=1S/C18H25N5O/c1-22(2)10-9-20-16-11-14(12-19-13-16)18(24)21-15-5-7-17(8-6-15)23(3)4/h5-8,11-13,20H,9-10H2,1-4H3,(H,21,24). The summed E-state index contributed by atoms with van der Waals surface area (Å²) < 4.78 is 0. The highest BCUT2D eigenvalue weighted by molar-refractivity contribution is 6.04. The number of amides is 1. The van der Waals surface area contributed by atoms with E-state index in [1.54, 1.807) is 12.4 Å². The van der Waals surface area contributed by atoms with Gasteiger partial charge in [-0.25, -0.2) is 0 Å². The summed E-state index contributed by atoms with van der Waals surface area (Å²) in [5.74, 6) is -0.170. The van der Waals surface area contributed by atoms with Gasteiger partial charge >= 0.3 is 0 Å². The summed E-state index contributed by atoms with van der Waals surface area (Å²) in [7, 11) is 8.00. The maximum absolute atomic E-state index is 12.4. The monoisotopic (exact) mass is 327 g/mol. The van der Waals surface area contributed by atoms with Crippen LogP contribution in [0.5, 0.6) is 0 Å². The van der Waals surface area contributed by atoms with Crippen LogP contribution in [0.15, 0.2) is 42.7 Å². The van der Waals surface area contributed by atoms with Gasteiger partial charge in [-0.05, 0) is 44.4 Å². The number of carbonyl (C=O) groups excluding carboxylic acids is 1. The van der Waals surface area contributed by atoms with Crippen molar-refractivity contribution in [2.45, 2.75) is 0 Å². The van der Waals surface area contributed by atoms with Crippen molar-refractivity contribution in [1.82, 2.24) is 9.88 Å². The first-order valence-electron chi connectivity index (χ1n) is 7.88. The third kappa shape index (κ3) is 5.24. The van der Waals surface area contributed by atoms with E-state index >= 15 is 0 Å². The zero-order valence-electron chi connectivity index (χ0n) is 14.7. The second-order valence-corrected chi connectivity index (χ2v) is 6.09. The molecule has 0 saturated carbocycles. The quantitative estimate of drug-likeness (QED) is 0.817. The first-order chi connectivity index (χ1) is 11.5. The molecule has 6 nitrogen and oxygen atoms in total. The van der Waals surface area contributed by atoms with Gasteiger partial charge in [0.1, 0.15) is 0 Å². The van der Waals surface area contributed by atoms with Gasteiger partial charge < -0.3 is 20.4 Å². The van der Waals surface area contributed by atoms with Gasteiger partial charge in [-0.2, -0.15) is 0 Å². The number of pyridine rings is 1. The molecule has 2 aromatic rings. The summed E-state index contributed by atoms with van der Waals surface area (Å²) in [4.78, 5) is 20.6. The van der Waals surface area contributed by atoms with Crippen LogP contribution in [-0.4, -0.2) is 57.1 Å². The zero-order chi connectivity index (χ0) is 17.5. The van der Waals surface area contributed by atoms with Crippen LogP contribution in [0.25, 0.3) is 0 Å². The van der Waals surface area contributed by atoms with E-state index in [-0.39, 0.29) is 5.91 Å². The number of hydrogen-bond acceptors (Lipinski definition) is 5. The van der Waals surface area contributed by atoms with E-state index in [1.807, 2.05) is 63.4 Å². The number of rotatable bonds is 7. The van der Waals surface area contributed by atoms with Crippen LogP contribution in [0, 0.1) is 0 Å². The molecule has 0 radical (unpaired) electrons. The molecule has 1 heterocycles. The maximum atomic E-state index is 12.4. The second kappa shape index (κ2) is 8.31. The van der Waals surface area contributed by atoms with Crippen LogP contribution in [0.1, 0.15) is 10.4 Å². The minimum Gasteiger partial charge on any atom is -0.382 e. The van der Waals surface area contributed by atoms with E-state index in [0.29, 0.717) is 5.56 Å². The lowest BCUT2D eigenvalue weighted by atomic mass is 10.2. The Morgan fingerprint density at radius 3 is 2.38 bits per heavy atom. The van der Waals surface area contributed by atoms with Crippen molar-refractivity contribution in [2.75, 3.05) is 56.8 Å². The van der Waals surface area contributed by atoms with Gasteiger partial charge in [0, 0.05) is 51.0 Å². The lowest BCUT2D eigenvalue weighted by Gasteiger charge is -2.13. The molecule has 0 aliphatic rings. The predicted octanol–water partition coefficient (Wildman–Crippen LogP) is 2.37. The Hall–Kier alpha value is -2.60. The smallest absolute Gasteiger partial charge is 0.257 e. The zero-order valence-corrected chi connectivity index (χ0v) is 14.7. The summed E-state index contributed by atoms with van der Waals surface area (Å²) in [6, 6.07) is 9.52. The first-order valence-corrected chi connectivity index (χ1v) is 7.88. The molecular weight excluding hydrogens is 302 g/mol. The summed E-state index contributed by atoms with van der Waals surface area (Å²) in [6.07, 6.45) is 3.29. The molecule has 2 rings (SSSR count).